The molecule has 0 spiro atoms. The minimum atomic E-state index is -0.881. The number of fused-ring (bicyclic) bond motifs is 1. The number of aromatic amines is 1. The van der Waals surface area contributed by atoms with E-state index in [2.05, 4.69) is 4.98 Å². The van der Waals surface area contributed by atoms with Crippen molar-refractivity contribution in [3.05, 3.63) is 35.5 Å². The summed E-state index contributed by atoms with van der Waals surface area (Å²) in [4.78, 5) is 13.8. The van der Waals surface area contributed by atoms with Crippen molar-refractivity contribution >= 4 is 16.9 Å². The molecule has 0 amide bonds. The molecular formula is C10H9NO2. The van der Waals surface area contributed by atoms with Crippen LogP contribution in [0.15, 0.2) is 24.4 Å². The van der Waals surface area contributed by atoms with Crippen LogP contribution in [0.4, 0.5) is 0 Å². The fourth-order valence-corrected chi connectivity index (χ4v) is 1.44. The Balaban J connectivity index is 2.76. The summed E-state index contributed by atoms with van der Waals surface area (Å²) in [5, 5.41) is 9.89. The average Bonchev–Trinajstić information content (AvgIpc) is 2.48. The summed E-state index contributed by atoms with van der Waals surface area (Å²) in [6.07, 6.45) is 1.80. The highest BCUT2D eigenvalue weighted by Crippen LogP contribution is 2.18. The maximum Gasteiger partial charge on any atom is 0.336 e. The molecular weight excluding hydrogens is 166 g/mol. The van der Waals surface area contributed by atoms with Crippen LogP contribution in [0, 0.1) is 6.92 Å². The van der Waals surface area contributed by atoms with Crippen molar-refractivity contribution < 1.29 is 9.90 Å². The predicted octanol–water partition coefficient (Wildman–Crippen LogP) is 2.17. The number of benzene rings is 1. The molecule has 1 heterocycles. The van der Waals surface area contributed by atoms with Crippen LogP contribution in [-0.2, 0) is 0 Å². The van der Waals surface area contributed by atoms with Crippen LogP contribution in [0.1, 0.15) is 15.9 Å². The van der Waals surface area contributed by atoms with E-state index in [1.807, 2.05) is 12.1 Å². The van der Waals surface area contributed by atoms with E-state index in [-0.39, 0.29) is 0 Å². The van der Waals surface area contributed by atoms with Crippen molar-refractivity contribution in [2.75, 3.05) is 0 Å². The summed E-state index contributed by atoms with van der Waals surface area (Å²) >= 11 is 0. The molecule has 0 radical (unpaired) electrons. The summed E-state index contributed by atoms with van der Waals surface area (Å²) in [5.74, 6) is -0.881. The summed E-state index contributed by atoms with van der Waals surface area (Å²) < 4.78 is 0. The van der Waals surface area contributed by atoms with E-state index >= 15 is 0 Å². The first-order valence-corrected chi connectivity index (χ1v) is 3.99. The number of carboxylic acid groups (broad SMARTS) is 1. The number of hydrogen-bond acceptors (Lipinski definition) is 1. The van der Waals surface area contributed by atoms with Crippen molar-refractivity contribution in [1.82, 2.24) is 4.98 Å². The number of rotatable bonds is 1. The van der Waals surface area contributed by atoms with Gasteiger partial charge < -0.3 is 10.1 Å². The van der Waals surface area contributed by atoms with Crippen molar-refractivity contribution in [2.45, 2.75) is 6.92 Å². The van der Waals surface area contributed by atoms with Crippen LogP contribution >= 0.6 is 0 Å². The van der Waals surface area contributed by atoms with Gasteiger partial charge in [-0.15, -0.1) is 0 Å². The average molecular weight is 175 g/mol. The van der Waals surface area contributed by atoms with E-state index in [0.717, 1.165) is 16.5 Å². The highest BCUT2D eigenvalue weighted by atomic mass is 16.4. The number of hydrogen-bond donors (Lipinski definition) is 2. The quantitative estimate of drug-likeness (QED) is 0.697. The Labute approximate surface area is 75.0 Å². The Morgan fingerprint density at radius 3 is 2.92 bits per heavy atom. The second-order valence-electron chi connectivity index (χ2n) is 3.04. The third-order valence-electron chi connectivity index (χ3n) is 2.13. The molecule has 1 aromatic carbocycles. The van der Waals surface area contributed by atoms with Gasteiger partial charge in [-0.2, -0.15) is 0 Å². The fourth-order valence-electron chi connectivity index (χ4n) is 1.44. The summed E-state index contributed by atoms with van der Waals surface area (Å²) in [7, 11) is 0. The molecule has 0 aliphatic rings. The van der Waals surface area contributed by atoms with Gasteiger partial charge in [0, 0.05) is 11.7 Å². The first kappa shape index (κ1) is 7.86. The lowest BCUT2D eigenvalue weighted by Crippen LogP contribution is -1.98. The maximum atomic E-state index is 10.8. The van der Waals surface area contributed by atoms with E-state index in [1.165, 1.54) is 0 Å². The molecule has 66 valence electrons. The van der Waals surface area contributed by atoms with Gasteiger partial charge in [0.05, 0.1) is 5.56 Å². The predicted molar refractivity (Wildman–Crippen MR) is 50.0 cm³/mol. The number of carbonyl (C=O) groups is 1. The van der Waals surface area contributed by atoms with E-state index in [4.69, 9.17) is 5.11 Å². The summed E-state index contributed by atoms with van der Waals surface area (Å²) in [6.45, 7) is 1.80. The van der Waals surface area contributed by atoms with E-state index in [9.17, 15) is 4.79 Å². The molecule has 3 nitrogen and oxygen atoms in total. The normalized spacial score (nSPS) is 10.5. The monoisotopic (exact) mass is 175 g/mol. The maximum absolute atomic E-state index is 10.8. The highest BCUT2D eigenvalue weighted by molar-refractivity contribution is 5.95. The van der Waals surface area contributed by atoms with E-state index in [1.54, 1.807) is 19.2 Å². The van der Waals surface area contributed by atoms with Gasteiger partial charge in [-0.25, -0.2) is 4.79 Å². The molecule has 2 N–H and O–H groups in total. The molecule has 0 saturated heterocycles. The minimum Gasteiger partial charge on any atom is -0.478 e. The van der Waals surface area contributed by atoms with Crippen molar-refractivity contribution in [3.63, 3.8) is 0 Å². The topological polar surface area (TPSA) is 53.1 Å². The lowest BCUT2D eigenvalue weighted by atomic mass is 10.1. The van der Waals surface area contributed by atoms with Gasteiger partial charge in [0.2, 0.25) is 0 Å². The largest absolute Gasteiger partial charge is 0.478 e. The minimum absolute atomic E-state index is 0.356. The van der Waals surface area contributed by atoms with Crippen molar-refractivity contribution in [3.8, 4) is 0 Å². The van der Waals surface area contributed by atoms with Crippen LogP contribution in [-0.4, -0.2) is 16.1 Å². The molecule has 1 aromatic heterocycles. The Hall–Kier alpha value is -1.77. The number of nitrogens with one attached hydrogen (secondary N) is 1. The fraction of sp³-hybridized carbons (Fsp3) is 0.100. The second-order valence-corrected chi connectivity index (χ2v) is 3.04. The van der Waals surface area contributed by atoms with Gasteiger partial charge in [-0.05, 0) is 36.1 Å². The van der Waals surface area contributed by atoms with Crippen molar-refractivity contribution in [1.29, 1.82) is 0 Å². The van der Waals surface area contributed by atoms with Gasteiger partial charge in [-0.1, -0.05) is 0 Å². The third-order valence-corrected chi connectivity index (χ3v) is 2.13. The van der Waals surface area contributed by atoms with Crippen LogP contribution in [0.2, 0.25) is 0 Å². The van der Waals surface area contributed by atoms with Crippen LogP contribution < -0.4 is 0 Å². The van der Waals surface area contributed by atoms with Crippen LogP contribution in [0.25, 0.3) is 10.9 Å². The number of aromatic nitrogens is 1. The van der Waals surface area contributed by atoms with E-state index in [0.29, 0.717) is 5.56 Å². The van der Waals surface area contributed by atoms with Gasteiger partial charge in [0.25, 0.3) is 0 Å². The Bertz CT molecular complexity index is 471. The van der Waals surface area contributed by atoms with Gasteiger partial charge >= 0.3 is 5.97 Å². The Morgan fingerprint density at radius 1 is 1.46 bits per heavy atom. The number of H-pyrrole nitrogens is 1. The molecule has 0 bridgehead atoms. The molecule has 0 aliphatic carbocycles. The lowest BCUT2D eigenvalue weighted by molar-refractivity contribution is 0.0696. The van der Waals surface area contributed by atoms with Gasteiger partial charge in [0.1, 0.15) is 0 Å². The zero-order valence-electron chi connectivity index (χ0n) is 7.16. The third kappa shape index (κ3) is 1.18. The second kappa shape index (κ2) is 2.62. The van der Waals surface area contributed by atoms with Crippen LogP contribution in [0.3, 0.4) is 0 Å². The standard InChI is InChI=1S/C10H9NO2/c1-6-4-7-2-3-11-9(7)5-8(6)10(12)13/h2-5,11H,1H3,(H,12,13). The molecule has 0 saturated carbocycles. The molecule has 2 aromatic rings. The van der Waals surface area contributed by atoms with E-state index < -0.39 is 5.97 Å². The highest BCUT2D eigenvalue weighted by Gasteiger charge is 2.08. The first-order chi connectivity index (χ1) is 6.18. The molecule has 0 aliphatic heterocycles. The number of aryl methyl sites for hydroxylation is 1. The first-order valence-electron chi connectivity index (χ1n) is 3.99. The lowest BCUT2D eigenvalue weighted by Gasteiger charge is -2.00. The summed E-state index contributed by atoms with van der Waals surface area (Å²) in [5.41, 5.74) is 2.01. The van der Waals surface area contributed by atoms with Gasteiger partial charge in [0.15, 0.2) is 0 Å². The van der Waals surface area contributed by atoms with Gasteiger partial charge in [-0.3, -0.25) is 0 Å². The zero-order valence-corrected chi connectivity index (χ0v) is 7.16. The number of carboxylic acids is 1. The SMILES string of the molecule is Cc1cc2cc[nH]c2cc1C(=O)O. The smallest absolute Gasteiger partial charge is 0.336 e. The number of aromatic carboxylic acids is 1. The molecule has 0 fully saturated rings. The molecule has 13 heavy (non-hydrogen) atoms. The summed E-state index contributed by atoms with van der Waals surface area (Å²) in [6, 6.07) is 5.45. The zero-order chi connectivity index (χ0) is 9.42. The van der Waals surface area contributed by atoms with Crippen molar-refractivity contribution in [2.24, 2.45) is 0 Å². The Kier molecular flexibility index (Phi) is 1.59. The molecule has 2 rings (SSSR count). The Morgan fingerprint density at radius 2 is 2.23 bits per heavy atom. The molecule has 0 atom stereocenters. The molecule has 0 unspecified atom stereocenters. The molecule has 3 heteroatoms. The van der Waals surface area contributed by atoms with Crippen LogP contribution in [0.5, 0.6) is 0 Å².